The zero-order chi connectivity index (χ0) is 15.4. The number of halogens is 1. The molecule has 0 radical (unpaired) electrons. The van der Waals surface area contributed by atoms with Crippen LogP contribution in [0.3, 0.4) is 0 Å². The number of hydrogen-bond acceptors (Lipinski definition) is 3. The van der Waals surface area contributed by atoms with Crippen molar-refractivity contribution in [2.45, 2.75) is 45.8 Å². The molecule has 1 heterocycles. The van der Waals surface area contributed by atoms with E-state index in [9.17, 15) is 4.39 Å². The van der Waals surface area contributed by atoms with E-state index in [2.05, 4.69) is 42.9 Å². The molecule has 2 rings (SSSR count). The molecule has 1 saturated heterocycles. The first-order valence-electron chi connectivity index (χ1n) is 7.94. The van der Waals surface area contributed by atoms with E-state index >= 15 is 0 Å². The van der Waals surface area contributed by atoms with Crippen LogP contribution in [0.2, 0.25) is 0 Å². The summed E-state index contributed by atoms with van der Waals surface area (Å²) in [6.45, 7) is 10.4. The van der Waals surface area contributed by atoms with Crippen LogP contribution in [0.5, 0.6) is 0 Å². The zero-order valence-corrected chi connectivity index (χ0v) is 13.7. The van der Waals surface area contributed by atoms with E-state index in [1.807, 2.05) is 6.07 Å². The monoisotopic (exact) mass is 293 g/mol. The van der Waals surface area contributed by atoms with Gasteiger partial charge in [-0.3, -0.25) is 0 Å². The summed E-state index contributed by atoms with van der Waals surface area (Å²) < 4.78 is 13.6. The van der Waals surface area contributed by atoms with Gasteiger partial charge in [0.15, 0.2) is 0 Å². The van der Waals surface area contributed by atoms with Gasteiger partial charge < -0.3 is 15.1 Å². The summed E-state index contributed by atoms with van der Waals surface area (Å²) >= 11 is 0. The summed E-state index contributed by atoms with van der Waals surface area (Å²) in [5.74, 6) is -0.154. The lowest BCUT2D eigenvalue weighted by molar-refractivity contribution is 0.337. The Morgan fingerprint density at radius 2 is 2.10 bits per heavy atom. The fourth-order valence-electron chi connectivity index (χ4n) is 3.02. The lowest BCUT2D eigenvalue weighted by Gasteiger charge is -2.32. The highest BCUT2D eigenvalue weighted by atomic mass is 19.1. The Hall–Kier alpha value is -1.13. The van der Waals surface area contributed by atoms with Crippen LogP contribution >= 0.6 is 0 Å². The van der Waals surface area contributed by atoms with Crippen LogP contribution < -0.4 is 10.2 Å². The normalized spacial score (nSPS) is 20.9. The molecule has 0 bridgehead atoms. The van der Waals surface area contributed by atoms with Crippen molar-refractivity contribution in [1.29, 1.82) is 0 Å². The Balaban J connectivity index is 2.24. The minimum absolute atomic E-state index is 0.154. The van der Waals surface area contributed by atoms with Crippen molar-refractivity contribution >= 4 is 5.69 Å². The second kappa shape index (κ2) is 7.23. The lowest BCUT2D eigenvalue weighted by atomic mass is 10.1. The largest absolute Gasteiger partial charge is 0.367 e. The Labute approximate surface area is 128 Å². The summed E-state index contributed by atoms with van der Waals surface area (Å²) in [5.41, 5.74) is 2.23. The molecule has 4 heteroatoms. The summed E-state index contributed by atoms with van der Waals surface area (Å²) in [4.78, 5) is 4.81. The molecule has 1 aliphatic heterocycles. The first-order chi connectivity index (χ1) is 9.97. The summed E-state index contributed by atoms with van der Waals surface area (Å²) in [6.07, 6.45) is 1.15. The first kappa shape index (κ1) is 16.2. The minimum atomic E-state index is -0.154. The molecule has 1 aromatic carbocycles. The minimum Gasteiger partial charge on any atom is -0.367 e. The predicted molar refractivity (Wildman–Crippen MR) is 87.3 cm³/mol. The molecule has 1 unspecified atom stereocenters. The molecule has 0 amide bonds. The Kier molecular flexibility index (Phi) is 5.59. The van der Waals surface area contributed by atoms with E-state index in [0.29, 0.717) is 18.6 Å². The molecular weight excluding hydrogens is 265 g/mol. The maximum atomic E-state index is 13.6. The maximum absolute atomic E-state index is 13.6. The highest BCUT2D eigenvalue weighted by molar-refractivity contribution is 5.55. The van der Waals surface area contributed by atoms with Crippen molar-refractivity contribution in [3.8, 4) is 0 Å². The number of nitrogens with one attached hydrogen (secondary N) is 1. The van der Waals surface area contributed by atoms with Crippen LogP contribution in [-0.4, -0.2) is 43.7 Å². The SMILES string of the molecule is CC(C)NCc1cc(F)ccc1N1CCCN(C)CC1C. The van der Waals surface area contributed by atoms with E-state index in [1.165, 1.54) is 5.69 Å². The third-order valence-corrected chi connectivity index (χ3v) is 4.10. The topological polar surface area (TPSA) is 18.5 Å². The molecule has 0 spiro atoms. The van der Waals surface area contributed by atoms with Gasteiger partial charge in [0.05, 0.1) is 0 Å². The highest BCUT2D eigenvalue weighted by Crippen LogP contribution is 2.25. The van der Waals surface area contributed by atoms with Gasteiger partial charge in [-0.05, 0) is 50.7 Å². The van der Waals surface area contributed by atoms with Crippen LogP contribution in [0, 0.1) is 5.82 Å². The highest BCUT2D eigenvalue weighted by Gasteiger charge is 2.22. The number of nitrogens with zero attached hydrogens (tertiary/aromatic N) is 2. The Morgan fingerprint density at radius 1 is 1.33 bits per heavy atom. The van der Waals surface area contributed by atoms with Crippen LogP contribution in [0.1, 0.15) is 32.8 Å². The first-order valence-corrected chi connectivity index (χ1v) is 7.94. The van der Waals surface area contributed by atoms with E-state index in [1.54, 1.807) is 12.1 Å². The standard InChI is InChI=1S/C17H28FN3/c1-13(2)19-11-15-10-16(18)6-7-17(15)21-9-5-8-20(4)12-14(21)3/h6-7,10,13-14,19H,5,8-9,11-12H2,1-4H3. The molecule has 0 saturated carbocycles. The van der Waals surface area contributed by atoms with Gasteiger partial charge in [-0.2, -0.15) is 0 Å². The van der Waals surface area contributed by atoms with Crippen molar-refractivity contribution in [3.63, 3.8) is 0 Å². The van der Waals surface area contributed by atoms with Crippen molar-refractivity contribution in [3.05, 3.63) is 29.6 Å². The lowest BCUT2D eigenvalue weighted by Crippen LogP contribution is -2.38. The van der Waals surface area contributed by atoms with Crippen molar-refractivity contribution < 1.29 is 4.39 Å². The van der Waals surface area contributed by atoms with E-state index in [4.69, 9.17) is 0 Å². The van der Waals surface area contributed by atoms with Gasteiger partial charge >= 0.3 is 0 Å². The van der Waals surface area contributed by atoms with Crippen LogP contribution in [-0.2, 0) is 6.54 Å². The second-order valence-electron chi connectivity index (χ2n) is 6.47. The maximum Gasteiger partial charge on any atom is 0.123 e. The van der Waals surface area contributed by atoms with Crippen LogP contribution in [0.25, 0.3) is 0 Å². The average Bonchev–Trinajstić information content (AvgIpc) is 2.57. The Bertz CT molecular complexity index is 461. The van der Waals surface area contributed by atoms with E-state index in [-0.39, 0.29) is 5.82 Å². The molecule has 1 N–H and O–H groups in total. The molecule has 3 nitrogen and oxygen atoms in total. The number of hydrogen-bond donors (Lipinski definition) is 1. The number of rotatable bonds is 4. The summed E-state index contributed by atoms with van der Waals surface area (Å²) in [7, 11) is 2.17. The zero-order valence-electron chi connectivity index (χ0n) is 13.7. The van der Waals surface area contributed by atoms with Gasteiger partial charge in [0, 0.05) is 37.4 Å². The Morgan fingerprint density at radius 3 is 2.81 bits per heavy atom. The van der Waals surface area contributed by atoms with Crippen molar-refractivity contribution in [2.75, 3.05) is 31.6 Å². The van der Waals surface area contributed by atoms with Gasteiger partial charge in [0.25, 0.3) is 0 Å². The van der Waals surface area contributed by atoms with Crippen LogP contribution in [0.15, 0.2) is 18.2 Å². The summed E-state index contributed by atoms with van der Waals surface area (Å²) in [6, 6.07) is 6.03. The van der Waals surface area contributed by atoms with Gasteiger partial charge in [-0.15, -0.1) is 0 Å². The molecular formula is C17H28FN3. The number of anilines is 1. The predicted octanol–water partition coefficient (Wildman–Crippen LogP) is 2.85. The van der Waals surface area contributed by atoms with E-state index in [0.717, 1.165) is 31.6 Å². The number of benzene rings is 1. The van der Waals surface area contributed by atoms with Crippen molar-refractivity contribution in [2.24, 2.45) is 0 Å². The van der Waals surface area contributed by atoms with Gasteiger partial charge in [0.2, 0.25) is 0 Å². The summed E-state index contributed by atoms with van der Waals surface area (Å²) in [5, 5.41) is 3.40. The molecule has 118 valence electrons. The average molecular weight is 293 g/mol. The van der Waals surface area contributed by atoms with Crippen molar-refractivity contribution in [1.82, 2.24) is 10.2 Å². The van der Waals surface area contributed by atoms with E-state index < -0.39 is 0 Å². The second-order valence-corrected chi connectivity index (χ2v) is 6.47. The van der Waals surface area contributed by atoms with Gasteiger partial charge in [-0.25, -0.2) is 4.39 Å². The molecule has 1 fully saturated rings. The third kappa shape index (κ3) is 4.42. The fourth-order valence-corrected chi connectivity index (χ4v) is 3.02. The molecule has 1 atom stereocenters. The quantitative estimate of drug-likeness (QED) is 0.921. The number of likely N-dealkylation sites (N-methyl/N-ethyl adjacent to an activating group) is 1. The molecule has 1 aromatic rings. The molecule has 21 heavy (non-hydrogen) atoms. The van der Waals surface area contributed by atoms with Gasteiger partial charge in [0.1, 0.15) is 5.82 Å². The smallest absolute Gasteiger partial charge is 0.123 e. The third-order valence-electron chi connectivity index (χ3n) is 4.10. The molecule has 0 aromatic heterocycles. The van der Waals surface area contributed by atoms with Crippen LogP contribution in [0.4, 0.5) is 10.1 Å². The van der Waals surface area contributed by atoms with Gasteiger partial charge in [-0.1, -0.05) is 13.8 Å². The molecule has 0 aliphatic carbocycles. The fraction of sp³-hybridized carbons (Fsp3) is 0.647. The molecule has 1 aliphatic rings.